The highest BCUT2D eigenvalue weighted by atomic mass is 35.5. The molecule has 0 aromatic heterocycles. The van der Waals surface area contributed by atoms with E-state index in [2.05, 4.69) is 4.72 Å². The summed E-state index contributed by atoms with van der Waals surface area (Å²) in [6.45, 7) is 1.92. The van der Waals surface area contributed by atoms with Crippen LogP contribution in [0.15, 0.2) is 77.8 Å². The van der Waals surface area contributed by atoms with Crippen LogP contribution in [-0.2, 0) is 10.0 Å². The lowest BCUT2D eigenvalue weighted by Gasteiger charge is -2.08. The molecule has 0 aliphatic heterocycles. The summed E-state index contributed by atoms with van der Waals surface area (Å²) in [6.07, 6.45) is 1.53. The summed E-state index contributed by atoms with van der Waals surface area (Å²) in [5.74, 6) is 0. The lowest BCUT2D eigenvalue weighted by atomic mass is 10.1. The van der Waals surface area contributed by atoms with Crippen LogP contribution in [0.3, 0.4) is 0 Å². The molecular weight excluding hydrogens is 366 g/mol. The highest BCUT2D eigenvalue weighted by Crippen LogP contribution is 2.46. The molecule has 0 fully saturated rings. The maximum atomic E-state index is 12.6. The van der Waals surface area contributed by atoms with Crippen molar-refractivity contribution in [1.82, 2.24) is 4.72 Å². The normalized spacial score (nSPS) is 14.2. The van der Waals surface area contributed by atoms with Crippen molar-refractivity contribution in [3.63, 3.8) is 0 Å². The van der Waals surface area contributed by atoms with E-state index in [4.69, 9.17) is 11.6 Å². The van der Waals surface area contributed by atoms with Gasteiger partial charge in [-0.15, -0.1) is 0 Å². The van der Waals surface area contributed by atoms with E-state index in [-0.39, 0.29) is 4.90 Å². The Morgan fingerprint density at radius 1 is 0.846 bits per heavy atom. The number of nitrogens with one attached hydrogen (secondary N) is 1. The summed E-state index contributed by atoms with van der Waals surface area (Å²) in [6, 6.07) is 20.3. The minimum atomic E-state index is -3.65. The number of sulfonamides is 1. The van der Waals surface area contributed by atoms with Crippen molar-refractivity contribution in [1.29, 1.82) is 0 Å². The van der Waals surface area contributed by atoms with Crippen molar-refractivity contribution in [2.24, 2.45) is 0 Å². The van der Waals surface area contributed by atoms with Gasteiger partial charge in [0.15, 0.2) is 0 Å². The molecule has 1 aliphatic carbocycles. The van der Waals surface area contributed by atoms with Gasteiger partial charge in [-0.05, 0) is 41.8 Å². The van der Waals surface area contributed by atoms with Crippen molar-refractivity contribution in [2.45, 2.75) is 11.8 Å². The molecule has 0 radical (unpaired) electrons. The maximum absolute atomic E-state index is 12.6. The van der Waals surface area contributed by atoms with E-state index < -0.39 is 10.0 Å². The van der Waals surface area contributed by atoms with E-state index in [9.17, 15) is 8.42 Å². The van der Waals surface area contributed by atoms with E-state index in [1.54, 1.807) is 24.3 Å². The minimum Gasteiger partial charge on any atom is -0.286 e. The zero-order chi connectivity index (χ0) is 18.3. The van der Waals surface area contributed by atoms with Gasteiger partial charge < -0.3 is 0 Å². The van der Waals surface area contributed by atoms with E-state index in [0.29, 0.717) is 5.02 Å². The summed E-state index contributed by atoms with van der Waals surface area (Å²) in [7, 11) is -3.65. The van der Waals surface area contributed by atoms with Crippen LogP contribution in [0, 0.1) is 6.92 Å². The molecule has 3 nitrogen and oxygen atoms in total. The second kappa shape index (κ2) is 6.31. The van der Waals surface area contributed by atoms with Gasteiger partial charge in [-0.25, -0.2) is 8.42 Å². The first-order valence-electron chi connectivity index (χ1n) is 8.15. The average molecular weight is 382 g/mol. The SMILES string of the molecule is Cc1ccc(S(=O)(=O)N/C=C2/c3ccccc3-c3cccc(Cl)c32)cc1. The molecule has 0 unspecified atom stereocenters. The second-order valence-electron chi connectivity index (χ2n) is 6.20. The van der Waals surface area contributed by atoms with Crippen molar-refractivity contribution in [3.8, 4) is 11.1 Å². The highest BCUT2D eigenvalue weighted by molar-refractivity contribution is 7.89. The van der Waals surface area contributed by atoms with Crippen LogP contribution in [0.1, 0.15) is 16.7 Å². The molecule has 1 aliphatic rings. The molecule has 0 saturated carbocycles. The average Bonchev–Trinajstić information content (AvgIpc) is 2.96. The standard InChI is InChI=1S/C21H16ClNO2S/c1-14-9-11-15(12-10-14)26(24,25)23-13-19-17-6-3-2-5-16(17)18-7-4-8-20(22)21(18)19/h2-13,23H,1H3/b19-13-. The Hall–Kier alpha value is -2.56. The van der Waals surface area contributed by atoms with Crippen LogP contribution >= 0.6 is 11.6 Å². The lowest BCUT2D eigenvalue weighted by molar-refractivity contribution is 0.590. The predicted octanol–water partition coefficient (Wildman–Crippen LogP) is 5.00. The molecule has 26 heavy (non-hydrogen) atoms. The van der Waals surface area contributed by atoms with E-state index >= 15 is 0 Å². The van der Waals surface area contributed by atoms with Crippen LogP contribution in [0.4, 0.5) is 0 Å². The first-order valence-corrected chi connectivity index (χ1v) is 10.0. The van der Waals surface area contributed by atoms with Crippen LogP contribution in [-0.4, -0.2) is 8.42 Å². The Morgan fingerprint density at radius 3 is 2.23 bits per heavy atom. The fraction of sp³-hybridized carbons (Fsp3) is 0.0476. The monoisotopic (exact) mass is 381 g/mol. The topological polar surface area (TPSA) is 46.2 Å². The molecule has 0 atom stereocenters. The Kier molecular flexibility index (Phi) is 4.10. The molecule has 0 saturated heterocycles. The van der Waals surface area contributed by atoms with E-state index in [1.807, 2.05) is 49.4 Å². The molecule has 0 spiro atoms. The largest absolute Gasteiger partial charge is 0.286 e. The molecular formula is C21H16ClNO2S. The molecule has 5 heteroatoms. The number of benzene rings is 3. The number of halogens is 1. The Bertz CT molecular complexity index is 1130. The van der Waals surface area contributed by atoms with Gasteiger partial charge in [0.05, 0.1) is 4.90 Å². The Labute approximate surface area is 158 Å². The van der Waals surface area contributed by atoms with Crippen molar-refractivity contribution in [3.05, 3.63) is 94.6 Å². The second-order valence-corrected chi connectivity index (χ2v) is 8.32. The zero-order valence-corrected chi connectivity index (χ0v) is 15.6. The fourth-order valence-electron chi connectivity index (χ4n) is 3.18. The molecule has 1 N–H and O–H groups in total. The van der Waals surface area contributed by atoms with Gasteiger partial charge in [-0.2, -0.15) is 0 Å². The van der Waals surface area contributed by atoms with Gasteiger partial charge in [-0.1, -0.05) is 65.7 Å². The minimum absolute atomic E-state index is 0.227. The third-order valence-electron chi connectivity index (χ3n) is 4.48. The Balaban J connectivity index is 1.79. The van der Waals surface area contributed by atoms with Gasteiger partial charge in [0.25, 0.3) is 10.0 Å². The van der Waals surface area contributed by atoms with Crippen molar-refractivity contribution in [2.75, 3.05) is 0 Å². The summed E-state index contributed by atoms with van der Waals surface area (Å²) < 4.78 is 27.8. The number of fused-ring (bicyclic) bond motifs is 3. The van der Waals surface area contributed by atoms with Gasteiger partial charge in [0.1, 0.15) is 0 Å². The van der Waals surface area contributed by atoms with E-state index in [1.165, 1.54) is 6.20 Å². The lowest BCUT2D eigenvalue weighted by Crippen LogP contribution is -2.18. The molecule has 0 bridgehead atoms. The van der Waals surface area contributed by atoms with Crippen LogP contribution in [0.25, 0.3) is 16.7 Å². The summed E-state index contributed by atoms with van der Waals surface area (Å²) in [5.41, 5.74) is 5.65. The van der Waals surface area contributed by atoms with Crippen molar-refractivity contribution < 1.29 is 8.42 Å². The van der Waals surface area contributed by atoms with Gasteiger partial charge >= 0.3 is 0 Å². The number of rotatable bonds is 3. The molecule has 0 amide bonds. The predicted molar refractivity (Wildman–Crippen MR) is 105 cm³/mol. The smallest absolute Gasteiger partial charge is 0.261 e. The summed E-state index contributed by atoms with van der Waals surface area (Å²) in [4.78, 5) is 0.227. The van der Waals surface area contributed by atoms with Crippen LogP contribution < -0.4 is 4.72 Å². The molecule has 4 rings (SSSR count). The van der Waals surface area contributed by atoms with Crippen molar-refractivity contribution >= 4 is 27.2 Å². The van der Waals surface area contributed by atoms with Crippen LogP contribution in [0.2, 0.25) is 5.02 Å². The number of hydrogen-bond donors (Lipinski definition) is 1. The highest BCUT2D eigenvalue weighted by Gasteiger charge is 2.25. The zero-order valence-electron chi connectivity index (χ0n) is 14.0. The molecule has 3 aromatic carbocycles. The Morgan fingerprint density at radius 2 is 1.50 bits per heavy atom. The molecule has 0 heterocycles. The third-order valence-corrected chi connectivity index (χ3v) is 6.12. The van der Waals surface area contributed by atoms with Gasteiger partial charge in [0, 0.05) is 22.4 Å². The van der Waals surface area contributed by atoms with E-state index in [0.717, 1.165) is 33.4 Å². The third kappa shape index (κ3) is 2.81. The fourth-order valence-corrected chi connectivity index (χ4v) is 4.36. The van der Waals surface area contributed by atoms with Gasteiger partial charge in [0.2, 0.25) is 0 Å². The quantitative estimate of drug-likeness (QED) is 0.543. The van der Waals surface area contributed by atoms with Crippen LogP contribution in [0.5, 0.6) is 0 Å². The molecule has 130 valence electrons. The first-order chi connectivity index (χ1) is 12.5. The van der Waals surface area contributed by atoms with Gasteiger partial charge in [-0.3, -0.25) is 4.72 Å². The number of aryl methyl sites for hydroxylation is 1. The molecule has 3 aromatic rings. The number of hydrogen-bond acceptors (Lipinski definition) is 2. The first kappa shape index (κ1) is 16.9. The summed E-state index contributed by atoms with van der Waals surface area (Å²) in [5, 5.41) is 0.597. The maximum Gasteiger partial charge on any atom is 0.261 e. The summed E-state index contributed by atoms with van der Waals surface area (Å²) >= 11 is 6.42.